The molecular weight excluding hydrogens is 255 g/mol. The SMILES string of the molecule is Nc1ccc(-c2ccc(N)c([B]c3ccccc3)c2)cc1. The summed E-state index contributed by atoms with van der Waals surface area (Å²) in [6, 6.07) is 24.1. The van der Waals surface area contributed by atoms with Crippen molar-refractivity contribution in [3.05, 3.63) is 72.8 Å². The lowest BCUT2D eigenvalue weighted by atomic mass is 9.63. The number of nitrogens with two attached hydrogens (primary N) is 2. The summed E-state index contributed by atoms with van der Waals surface area (Å²) in [4.78, 5) is 0. The first-order valence-corrected chi connectivity index (χ1v) is 6.87. The van der Waals surface area contributed by atoms with Crippen LogP contribution >= 0.6 is 0 Å². The molecule has 0 spiro atoms. The normalized spacial score (nSPS) is 10.3. The van der Waals surface area contributed by atoms with Crippen LogP contribution in [0.5, 0.6) is 0 Å². The molecule has 4 N–H and O–H groups in total. The second-order valence-corrected chi connectivity index (χ2v) is 5.02. The van der Waals surface area contributed by atoms with Gasteiger partial charge in [0.05, 0.1) is 0 Å². The van der Waals surface area contributed by atoms with E-state index in [0.29, 0.717) is 0 Å². The lowest BCUT2D eigenvalue weighted by Gasteiger charge is -2.09. The fraction of sp³-hybridized carbons (Fsp3) is 0. The minimum Gasteiger partial charge on any atom is -0.399 e. The van der Waals surface area contributed by atoms with Gasteiger partial charge in [-0.2, -0.15) is 0 Å². The molecule has 3 rings (SSSR count). The topological polar surface area (TPSA) is 52.0 Å². The van der Waals surface area contributed by atoms with E-state index in [1.165, 1.54) is 0 Å². The molecular formula is C18H16BN2. The molecule has 0 bridgehead atoms. The van der Waals surface area contributed by atoms with Crippen molar-refractivity contribution in [1.82, 2.24) is 0 Å². The Hall–Kier alpha value is -2.68. The van der Waals surface area contributed by atoms with Crippen LogP contribution in [0.2, 0.25) is 0 Å². The maximum absolute atomic E-state index is 6.09. The zero-order valence-electron chi connectivity index (χ0n) is 11.7. The van der Waals surface area contributed by atoms with Gasteiger partial charge in [-0.1, -0.05) is 65.5 Å². The van der Waals surface area contributed by atoms with E-state index >= 15 is 0 Å². The highest BCUT2D eigenvalue weighted by atomic mass is 14.5. The van der Waals surface area contributed by atoms with Crippen LogP contribution in [0.15, 0.2) is 72.8 Å². The first-order chi connectivity index (χ1) is 10.2. The van der Waals surface area contributed by atoms with Gasteiger partial charge in [0, 0.05) is 11.4 Å². The minimum atomic E-state index is 0.769. The summed E-state index contributed by atoms with van der Waals surface area (Å²) < 4.78 is 0. The Bertz CT molecular complexity index is 737. The average molecular weight is 271 g/mol. The highest BCUT2D eigenvalue weighted by molar-refractivity contribution is 6.68. The number of nitrogen functional groups attached to an aromatic ring is 2. The first kappa shape index (κ1) is 13.3. The van der Waals surface area contributed by atoms with Crippen LogP contribution in [0.3, 0.4) is 0 Å². The van der Waals surface area contributed by atoms with E-state index in [1.54, 1.807) is 0 Å². The number of benzene rings is 3. The maximum atomic E-state index is 6.09. The van der Waals surface area contributed by atoms with E-state index in [4.69, 9.17) is 11.5 Å². The minimum absolute atomic E-state index is 0.769. The van der Waals surface area contributed by atoms with Crippen molar-refractivity contribution in [3.63, 3.8) is 0 Å². The summed E-state index contributed by atoms with van der Waals surface area (Å²) >= 11 is 0. The van der Waals surface area contributed by atoms with Gasteiger partial charge < -0.3 is 11.5 Å². The van der Waals surface area contributed by atoms with E-state index < -0.39 is 0 Å². The molecule has 0 aliphatic heterocycles. The molecule has 0 aliphatic rings. The van der Waals surface area contributed by atoms with Gasteiger partial charge in [-0.05, 0) is 29.3 Å². The van der Waals surface area contributed by atoms with Crippen molar-refractivity contribution in [2.24, 2.45) is 0 Å². The number of rotatable bonds is 3. The molecule has 21 heavy (non-hydrogen) atoms. The van der Waals surface area contributed by atoms with Crippen LogP contribution in [-0.2, 0) is 0 Å². The molecule has 101 valence electrons. The number of hydrogen-bond acceptors (Lipinski definition) is 2. The van der Waals surface area contributed by atoms with Gasteiger partial charge in [-0.3, -0.25) is 0 Å². The molecule has 0 amide bonds. The van der Waals surface area contributed by atoms with Crippen molar-refractivity contribution >= 4 is 29.6 Å². The average Bonchev–Trinajstić information content (AvgIpc) is 2.51. The smallest absolute Gasteiger partial charge is 0.194 e. The lowest BCUT2D eigenvalue weighted by molar-refractivity contribution is 1.62. The fourth-order valence-electron chi connectivity index (χ4n) is 2.28. The third-order valence-corrected chi connectivity index (χ3v) is 3.45. The molecule has 2 nitrogen and oxygen atoms in total. The predicted molar refractivity (Wildman–Crippen MR) is 92.2 cm³/mol. The van der Waals surface area contributed by atoms with E-state index in [9.17, 15) is 0 Å². The Morgan fingerprint density at radius 1 is 0.667 bits per heavy atom. The molecule has 0 saturated carbocycles. The molecule has 0 aromatic heterocycles. The van der Waals surface area contributed by atoms with Gasteiger partial charge in [0.15, 0.2) is 7.28 Å². The Balaban J connectivity index is 1.94. The first-order valence-electron chi connectivity index (χ1n) is 6.87. The van der Waals surface area contributed by atoms with Crippen LogP contribution in [0.25, 0.3) is 11.1 Å². The van der Waals surface area contributed by atoms with Crippen molar-refractivity contribution in [2.75, 3.05) is 11.5 Å². The molecule has 1 radical (unpaired) electrons. The predicted octanol–water partition coefficient (Wildman–Crippen LogP) is 2.17. The zero-order valence-corrected chi connectivity index (χ0v) is 11.7. The summed E-state index contributed by atoms with van der Waals surface area (Å²) in [5, 5.41) is 0. The van der Waals surface area contributed by atoms with E-state index in [1.807, 2.05) is 54.6 Å². The number of hydrogen-bond donors (Lipinski definition) is 2. The van der Waals surface area contributed by atoms with Gasteiger partial charge in [0.1, 0.15) is 0 Å². The molecule has 3 aromatic carbocycles. The third kappa shape index (κ3) is 3.08. The van der Waals surface area contributed by atoms with Crippen LogP contribution < -0.4 is 22.4 Å². The summed E-state index contributed by atoms with van der Waals surface area (Å²) in [6.07, 6.45) is 0. The summed E-state index contributed by atoms with van der Waals surface area (Å²) in [7, 11) is 2.09. The monoisotopic (exact) mass is 271 g/mol. The van der Waals surface area contributed by atoms with Gasteiger partial charge in [-0.25, -0.2) is 0 Å². The summed E-state index contributed by atoms with van der Waals surface area (Å²) in [6.45, 7) is 0. The fourth-order valence-corrected chi connectivity index (χ4v) is 2.28. The highest BCUT2D eigenvalue weighted by Gasteiger charge is 2.06. The molecule has 0 saturated heterocycles. The molecule has 0 atom stereocenters. The van der Waals surface area contributed by atoms with Crippen LogP contribution in [0.4, 0.5) is 11.4 Å². The van der Waals surface area contributed by atoms with Crippen LogP contribution in [0, 0.1) is 0 Å². The molecule has 0 aliphatic carbocycles. The van der Waals surface area contributed by atoms with E-state index in [-0.39, 0.29) is 0 Å². The van der Waals surface area contributed by atoms with Crippen molar-refractivity contribution in [2.45, 2.75) is 0 Å². The van der Waals surface area contributed by atoms with Crippen molar-refractivity contribution in [1.29, 1.82) is 0 Å². The summed E-state index contributed by atoms with van der Waals surface area (Å²) in [5.41, 5.74) is 17.8. The van der Waals surface area contributed by atoms with Crippen LogP contribution in [-0.4, -0.2) is 7.28 Å². The maximum Gasteiger partial charge on any atom is 0.194 e. The zero-order chi connectivity index (χ0) is 14.7. The molecule has 3 heteroatoms. The summed E-state index contributed by atoms with van der Waals surface area (Å²) in [5.74, 6) is 0. The van der Waals surface area contributed by atoms with Gasteiger partial charge in [0.2, 0.25) is 0 Å². The Morgan fingerprint density at radius 2 is 1.33 bits per heavy atom. The highest BCUT2D eigenvalue weighted by Crippen LogP contribution is 2.20. The second-order valence-electron chi connectivity index (χ2n) is 5.02. The molecule has 3 aromatic rings. The lowest BCUT2D eigenvalue weighted by Crippen LogP contribution is -2.29. The van der Waals surface area contributed by atoms with Crippen LogP contribution in [0.1, 0.15) is 0 Å². The Morgan fingerprint density at radius 3 is 2.05 bits per heavy atom. The standard InChI is InChI=1S/C18H16BN2/c20-16-9-6-13(7-10-16)14-8-11-18(21)17(12-14)19-15-4-2-1-3-5-15/h1-12H,20-21H2. The van der Waals surface area contributed by atoms with Crippen molar-refractivity contribution < 1.29 is 0 Å². The quantitative estimate of drug-likeness (QED) is 0.566. The molecule has 0 fully saturated rings. The second kappa shape index (κ2) is 5.75. The van der Waals surface area contributed by atoms with Gasteiger partial charge in [-0.15, -0.1) is 0 Å². The van der Waals surface area contributed by atoms with E-state index in [0.717, 1.165) is 33.4 Å². The molecule has 0 heterocycles. The number of anilines is 2. The Labute approximate surface area is 125 Å². The largest absolute Gasteiger partial charge is 0.399 e. The molecule has 0 unspecified atom stereocenters. The third-order valence-electron chi connectivity index (χ3n) is 3.45. The van der Waals surface area contributed by atoms with Gasteiger partial charge >= 0.3 is 0 Å². The van der Waals surface area contributed by atoms with E-state index in [2.05, 4.69) is 25.5 Å². The Kier molecular flexibility index (Phi) is 3.65. The van der Waals surface area contributed by atoms with Gasteiger partial charge in [0.25, 0.3) is 0 Å². The van der Waals surface area contributed by atoms with Crippen molar-refractivity contribution in [3.8, 4) is 11.1 Å².